The average molecular weight is 330 g/mol. The highest BCUT2D eigenvalue weighted by Gasteiger charge is 2.09. The van der Waals surface area contributed by atoms with Crippen LogP contribution in [0.15, 0.2) is 60.0 Å². The van der Waals surface area contributed by atoms with Crippen molar-refractivity contribution < 1.29 is 0 Å². The summed E-state index contributed by atoms with van der Waals surface area (Å²) in [7, 11) is 0. The minimum Gasteiger partial charge on any atom is -0.361 e. The van der Waals surface area contributed by atoms with E-state index < -0.39 is 0 Å². The predicted molar refractivity (Wildman–Crippen MR) is 94.6 cm³/mol. The zero-order valence-electron chi connectivity index (χ0n) is 13.3. The molecule has 0 fully saturated rings. The molecule has 0 atom stereocenters. The zero-order valence-corrected chi connectivity index (χ0v) is 13.3. The number of hydrogen-bond donors (Lipinski definition) is 1. The van der Waals surface area contributed by atoms with Crippen molar-refractivity contribution in [2.45, 2.75) is 13.0 Å². The number of benzene rings is 1. The molecule has 7 nitrogen and oxygen atoms in total. The lowest BCUT2D eigenvalue weighted by atomic mass is 10.1. The van der Waals surface area contributed by atoms with Crippen LogP contribution < -0.4 is 5.56 Å². The Morgan fingerprint density at radius 3 is 2.96 bits per heavy atom. The van der Waals surface area contributed by atoms with E-state index in [0.717, 1.165) is 17.5 Å². The van der Waals surface area contributed by atoms with Crippen molar-refractivity contribution >= 4 is 27.6 Å². The Hall–Kier alpha value is -3.48. The van der Waals surface area contributed by atoms with Gasteiger partial charge >= 0.3 is 0 Å². The highest BCUT2D eigenvalue weighted by atomic mass is 16.1. The lowest BCUT2D eigenvalue weighted by Crippen LogP contribution is -2.21. The monoisotopic (exact) mass is 330 g/mol. The van der Waals surface area contributed by atoms with Gasteiger partial charge in [-0.1, -0.05) is 18.2 Å². The molecule has 0 radical (unpaired) electrons. The Morgan fingerprint density at radius 2 is 2.00 bits per heavy atom. The van der Waals surface area contributed by atoms with Crippen LogP contribution in [0.3, 0.4) is 0 Å². The number of nitrogens with one attached hydrogen (secondary N) is 1. The normalized spacial score (nSPS) is 11.7. The second-order valence-electron chi connectivity index (χ2n) is 5.95. The van der Waals surface area contributed by atoms with E-state index in [1.54, 1.807) is 21.5 Å². The van der Waals surface area contributed by atoms with Crippen molar-refractivity contribution in [2.75, 3.05) is 0 Å². The quantitative estimate of drug-likeness (QED) is 0.550. The minimum absolute atomic E-state index is 0.0674. The first-order valence-electron chi connectivity index (χ1n) is 8.04. The van der Waals surface area contributed by atoms with E-state index >= 15 is 0 Å². The van der Waals surface area contributed by atoms with Crippen LogP contribution in [0.25, 0.3) is 27.6 Å². The van der Waals surface area contributed by atoms with Crippen LogP contribution in [-0.2, 0) is 13.0 Å². The number of H-pyrrole nitrogens is 1. The van der Waals surface area contributed by atoms with Gasteiger partial charge in [-0.25, -0.2) is 4.98 Å². The fourth-order valence-corrected chi connectivity index (χ4v) is 3.26. The molecule has 0 aliphatic rings. The molecule has 0 aliphatic carbocycles. The molecule has 0 amide bonds. The number of aryl methyl sites for hydroxylation is 2. The molecule has 122 valence electrons. The van der Waals surface area contributed by atoms with Crippen LogP contribution in [-0.4, -0.2) is 29.1 Å². The number of rotatable bonds is 3. The third kappa shape index (κ3) is 2.13. The third-order valence-corrected chi connectivity index (χ3v) is 4.54. The van der Waals surface area contributed by atoms with Gasteiger partial charge in [-0.05, 0) is 24.1 Å². The summed E-state index contributed by atoms with van der Waals surface area (Å²) in [5.41, 5.74) is 2.96. The highest BCUT2D eigenvalue weighted by Crippen LogP contribution is 2.18. The number of para-hydroxylation sites is 1. The standard InChI is InChI=1S/C18H14N6O/c25-17-14-10-20-18-21-11-22-24(18)16(14)6-8-23(17)7-5-12-9-19-15-4-2-1-3-13(12)15/h1-4,6,8-11,19H,5,7H2. The van der Waals surface area contributed by atoms with Crippen molar-refractivity contribution in [3.05, 3.63) is 71.2 Å². The van der Waals surface area contributed by atoms with Crippen molar-refractivity contribution in [2.24, 2.45) is 0 Å². The lowest BCUT2D eigenvalue weighted by molar-refractivity contribution is 0.676. The summed E-state index contributed by atoms with van der Waals surface area (Å²) in [6, 6.07) is 10.1. The van der Waals surface area contributed by atoms with Gasteiger partial charge in [-0.15, -0.1) is 0 Å². The number of aromatic amines is 1. The SMILES string of the molecule is O=c1c2cnc3ncnn3c2ccn1CCc1c[nH]c2ccccc12. The lowest BCUT2D eigenvalue weighted by Gasteiger charge is -2.07. The second-order valence-corrected chi connectivity index (χ2v) is 5.95. The van der Waals surface area contributed by atoms with Crippen LogP contribution in [0.4, 0.5) is 0 Å². The van der Waals surface area contributed by atoms with Crippen molar-refractivity contribution in [1.29, 1.82) is 0 Å². The number of pyridine rings is 1. The summed E-state index contributed by atoms with van der Waals surface area (Å²) in [6.07, 6.45) is 7.60. The topological polar surface area (TPSA) is 80.9 Å². The van der Waals surface area contributed by atoms with Gasteiger partial charge in [-0.2, -0.15) is 14.6 Å². The maximum atomic E-state index is 12.8. The second kappa shape index (κ2) is 5.27. The summed E-state index contributed by atoms with van der Waals surface area (Å²) in [4.78, 5) is 24.3. The summed E-state index contributed by atoms with van der Waals surface area (Å²) < 4.78 is 3.30. The van der Waals surface area contributed by atoms with E-state index in [1.807, 2.05) is 24.4 Å². The van der Waals surface area contributed by atoms with Gasteiger partial charge in [0.05, 0.1) is 10.9 Å². The van der Waals surface area contributed by atoms with Gasteiger partial charge in [0, 0.05) is 36.0 Å². The van der Waals surface area contributed by atoms with E-state index in [-0.39, 0.29) is 5.56 Å². The average Bonchev–Trinajstić information content (AvgIpc) is 3.28. The summed E-state index contributed by atoms with van der Waals surface area (Å²) in [5, 5.41) is 5.87. The molecule has 0 saturated carbocycles. The van der Waals surface area contributed by atoms with Gasteiger partial charge in [0.15, 0.2) is 0 Å². The smallest absolute Gasteiger partial charge is 0.261 e. The minimum atomic E-state index is -0.0674. The van der Waals surface area contributed by atoms with Gasteiger partial charge in [0.2, 0.25) is 0 Å². The van der Waals surface area contributed by atoms with Gasteiger partial charge in [-0.3, -0.25) is 4.79 Å². The number of aromatic nitrogens is 6. The van der Waals surface area contributed by atoms with Gasteiger partial charge in [0.1, 0.15) is 6.33 Å². The van der Waals surface area contributed by atoms with Gasteiger partial charge in [0.25, 0.3) is 11.3 Å². The van der Waals surface area contributed by atoms with E-state index in [0.29, 0.717) is 17.7 Å². The number of fused-ring (bicyclic) bond motifs is 4. The Kier molecular flexibility index (Phi) is 2.93. The maximum absolute atomic E-state index is 12.8. The molecule has 0 spiro atoms. The number of hydrogen-bond acceptors (Lipinski definition) is 4. The first kappa shape index (κ1) is 13.9. The van der Waals surface area contributed by atoms with Crippen LogP contribution in [0.5, 0.6) is 0 Å². The van der Waals surface area contributed by atoms with Crippen LogP contribution in [0.1, 0.15) is 5.56 Å². The summed E-state index contributed by atoms with van der Waals surface area (Å²) >= 11 is 0. The summed E-state index contributed by atoms with van der Waals surface area (Å²) in [5.74, 6) is 0.489. The molecule has 0 aliphatic heterocycles. The van der Waals surface area contributed by atoms with E-state index in [4.69, 9.17) is 0 Å². The van der Waals surface area contributed by atoms with Crippen molar-refractivity contribution in [3.63, 3.8) is 0 Å². The summed E-state index contributed by atoms with van der Waals surface area (Å²) in [6.45, 7) is 0.603. The Morgan fingerprint density at radius 1 is 1.08 bits per heavy atom. The van der Waals surface area contributed by atoms with E-state index in [2.05, 4.69) is 32.2 Å². The molecular formula is C18H14N6O. The molecule has 5 rings (SSSR count). The fourth-order valence-electron chi connectivity index (χ4n) is 3.26. The molecule has 25 heavy (non-hydrogen) atoms. The first-order valence-corrected chi connectivity index (χ1v) is 8.04. The van der Waals surface area contributed by atoms with Crippen LogP contribution in [0.2, 0.25) is 0 Å². The highest BCUT2D eigenvalue weighted by molar-refractivity contribution is 5.83. The molecule has 1 aromatic carbocycles. The largest absolute Gasteiger partial charge is 0.361 e. The molecule has 0 bridgehead atoms. The molecular weight excluding hydrogens is 316 g/mol. The van der Waals surface area contributed by atoms with E-state index in [1.165, 1.54) is 17.3 Å². The number of nitrogens with zero attached hydrogens (tertiary/aromatic N) is 5. The Labute approximate surface area is 141 Å². The molecule has 0 saturated heterocycles. The molecule has 5 aromatic rings. The van der Waals surface area contributed by atoms with E-state index in [9.17, 15) is 4.79 Å². The zero-order chi connectivity index (χ0) is 16.8. The van der Waals surface area contributed by atoms with Crippen LogP contribution in [0, 0.1) is 0 Å². The van der Waals surface area contributed by atoms with Crippen molar-refractivity contribution in [1.82, 2.24) is 29.1 Å². The molecule has 0 unspecified atom stereocenters. The Balaban J connectivity index is 1.53. The Bertz CT molecular complexity index is 1280. The molecule has 7 heteroatoms. The van der Waals surface area contributed by atoms with Crippen LogP contribution >= 0.6 is 0 Å². The predicted octanol–water partition coefficient (Wildman–Crippen LogP) is 2.16. The first-order chi connectivity index (χ1) is 12.3. The third-order valence-electron chi connectivity index (χ3n) is 4.54. The maximum Gasteiger partial charge on any atom is 0.261 e. The molecule has 1 N–H and O–H groups in total. The van der Waals surface area contributed by atoms with Crippen molar-refractivity contribution in [3.8, 4) is 0 Å². The molecule has 4 aromatic heterocycles. The van der Waals surface area contributed by atoms with Gasteiger partial charge < -0.3 is 9.55 Å². The molecule has 4 heterocycles. The fraction of sp³-hybridized carbons (Fsp3) is 0.111.